The van der Waals surface area contributed by atoms with Crippen LogP contribution in [0.5, 0.6) is 0 Å². The fourth-order valence-corrected chi connectivity index (χ4v) is 3.42. The second-order valence-corrected chi connectivity index (χ2v) is 7.14. The zero-order chi connectivity index (χ0) is 16.2. The van der Waals surface area contributed by atoms with E-state index in [2.05, 4.69) is 15.5 Å². The van der Waals surface area contributed by atoms with E-state index >= 15 is 0 Å². The molecule has 0 amide bonds. The predicted molar refractivity (Wildman–Crippen MR) is 98.2 cm³/mol. The van der Waals surface area contributed by atoms with Crippen LogP contribution in [0.4, 0.5) is 5.69 Å². The maximum Gasteiger partial charge on any atom is 0.0976 e. The number of halogens is 3. The highest BCUT2D eigenvalue weighted by Gasteiger charge is 2.10. The lowest BCUT2D eigenvalue weighted by atomic mass is 10.3. The molecular formula is C15H11Cl3N4S. The quantitative estimate of drug-likeness (QED) is 0.470. The molecule has 118 valence electrons. The van der Waals surface area contributed by atoms with Crippen molar-refractivity contribution in [1.29, 1.82) is 0 Å². The van der Waals surface area contributed by atoms with E-state index in [0.717, 1.165) is 10.6 Å². The molecule has 0 aliphatic heterocycles. The second kappa shape index (κ2) is 7.36. The predicted octanol–water partition coefficient (Wildman–Crippen LogP) is 5.42. The third-order valence-corrected chi connectivity index (χ3v) is 4.92. The lowest BCUT2D eigenvalue weighted by Gasteiger charge is -2.09. The number of imidazole rings is 1. The van der Waals surface area contributed by atoms with Gasteiger partial charge in [0.15, 0.2) is 0 Å². The smallest absolute Gasteiger partial charge is 0.0976 e. The van der Waals surface area contributed by atoms with Crippen molar-refractivity contribution in [2.75, 3.05) is 5.43 Å². The van der Waals surface area contributed by atoms with Crippen molar-refractivity contribution >= 4 is 57.5 Å². The molecule has 0 spiro atoms. The molecule has 3 rings (SSSR count). The first-order valence-corrected chi connectivity index (χ1v) is 8.56. The number of hydrogen-bond donors (Lipinski definition) is 1. The average molecular weight is 386 g/mol. The van der Waals surface area contributed by atoms with Crippen LogP contribution in [0.1, 0.15) is 4.88 Å². The first-order chi connectivity index (χ1) is 11.1. The van der Waals surface area contributed by atoms with E-state index in [1.807, 2.05) is 22.9 Å². The van der Waals surface area contributed by atoms with Crippen molar-refractivity contribution in [3.8, 4) is 0 Å². The van der Waals surface area contributed by atoms with Crippen molar-refractivity contribution < 1.29 is 0 Å². The molecule has 2 heterocycles. The van der Waals surface area contributed by atoms with Gasteiger partial charge in [0, 0.05) is 12.4 Å². The molecule has 0 unspecified atom stereocenters. The number of rotatable bonds is 5. The molecule has 4 nitrogen and oxygen atoms in total. The molecule has 0 atom stereocenters. The topological polar surface area (TPSA) is 42.2 Å². The van der Waals surface area contributed by atoms with Crippen LogP contribution in [-0.2, 0) is 6.54 Å². The summed E-state index contributed by atoms with van der Waals surface area (Å²) in [5.41, 5.74) is 4.33. The zero-order valence-electron chi connectivity index (χ0n) is 11.7. The summed E-state index contributed by atoms with van der Waals surface area (Å²) in [6.45, 7) is 0.548. The summed E-state index contributed by atoms with van der Waals surface area (Å²) in [5, 5.41) is 5.49. The minimum absolute atomic E-state index is 0.507. The van der Waals surface area contributed by atoms with Gasteiger partial charge in [-0.05, 0) is 24.3 Å². The molecular weight excluding hydrogens is 375 g/mol. The first-order valence-electron chi connectivity index (χ1n) is 6.61. The molecule has 2 aromatic heterocycles. The molecule has 0 saturated carbocycles. The molecule has 23 heavy (non-hydrogen) atoms. The third kappa shape index (κ3) is 4.06. The number of nitrogens with one attached hydrogen (secondary N) is 1. The maximum atomic E-state index is 6.16. The Morgan fingerprint density at radius 2 is 1.96 bits per heavy atom. The van der Waals surface area contributed by atoms with E-state index in [9.17, 15) is 0 Å². The monoisotopic (exact) mass is 384 g/mol. The van der Waals surface area contributed by atoms with Gasteiger partial charge in [-0.25, -0.2) is 4.98 Å². The number of anilines is 1. The summed E-state index contributed by atoms with van der Waals surface area (Å²) >= 11 is 19.8. The van der Waals surface area contributed by atoms with Crippen molar-refractivity contribution in [2.45, 2.75) is 6.54 Å². The van der Waals surface area contributed by atoms with Gasteiger partial charge in [0.1, 0.15) is 0 Å². The molecule has 0 aliphatic carbocycles. The van der Waals surface area contributed by atoms with Crippen LogP contribution in [0.25, 0.3) is 0 Å². The molecule has 3 aromatic rings. The summed E-state index contributed by atoms with van der Waals surface area (Å²) in [6, 6.07) is 9.06. The van der Waals surface area contributed by atoms with Crippen molar-refractivity contribution in [1.82, 2.24) is 9.55 Å². The largest absolute Gasteiger partial charge is 0.331 e. The van der Waals surface area contributed by atoms with E-state index in [0.29, 0.717) is 26.6 Å². The average Bonchev–Trinajstić information content (AvgIpc) is 3.17. The first kappa shape index (κ1) is 16.3. The Morgan fingerprint density at radius 1 is 1.17 bits per heavy atom. The Labute approximate surface area is 152 Å². The standard InChI is InChI=1S/C15H11Cl3N4S/c16-10-2-1-3-11(17)15(10)21-20-12(8-22-7-6-19-9-22)13-4-5-14(18)23-13/h1-7,9,21H,8H2/b20-12+. The number of para-hydroxylation sites is 1. The normalized spacial score (nSPS) is 11.7. The number of benzene rings is 1. The Hall–Kier alpha value is -1.53. The minimum Gasteiger partial charge on any atom is -0.331 e. The van der Waals surface area contributed by atoms with Gasteiger partial charge in [-0.2, -0.15) is 5.10 Å². The summed E-state index contributed by atoms with van der Waals surface area (Å²) in [5.74, 6) is 0. The number of aromatic nitrogens is 2. The minimum atomic E-state index is 0.507. The van der Waals surface area contributed by atoms with E-state index in [-0.39, 0.29) is 0 Å². The Bertz CT molecular complexity index is 807. The number of nitrogens with zero attached hydrogens (tertiary/aromatic N) is 3. The molecule has 1 aromatic carbocycles. The van der Waals surface area contributed by atoms with Crippen molar-refractivity contribution in [2.24, 2.45) is 5.10 Å². The van der Waals surface area contributed by atoms with Gasteiger partial charge in [-0.1, -0.05) is 40.9 Å². The van der Waals surface area contributed by atoms with Gasteiger partial charge in [0.25, 0.3) is 0 Å². The lowest BCUT2D eigenvalue weighted by Crippen LogP contribution is -2.11. The Morgan fingerprint density at radius 3 is 2.57 bits per heavy atom. The lowest BCUT2D eigenvalue weighted by molar-refractivity contribution is 0.849. The highest BCUT2D eigenvalue weighted by atomic mass is 35.5. The highest BCUT2D eigenvalue weighted by molar-refractivity contribution is 7.18. The fraction of sp³-hybridized carbons (Fsp3) is 0.0667. The second-order valence-electron chi connectivity index (χ2n) is 4.61. The summed E-state index contributed by atoms with van der Waals surface area (Å²) in [7, 11) is 0. The van der Waals surface area contributed by atoms with Crippen molar-refractivity contribution in [3.63, 3.8) is 0 Å². The van der Waals surface area contributed by atoms with Crippen molar-refractivity contribution in [3.05, 3.63) is 68.3 Å². The van der Waals surface area contributed by atoms with Crippen LogP contribution in [-0.4, -0.2) is 15.3 Å². The van der Waals surface area contributed by atoms with E-state index in [4.69, 9.17) is 34.8 Å². The summed E-state index contributed by atoms with van der Waals surface area (Å²) < 4.78 is 2.62. The van der Waals surface area contributed by atoms with Crippen LogP contribution in [0.2, 0.25) is 14.4 Å². The maximum absolute atomic E-state index is 6.16. The van der Waals surface area contributed by atoms with Crippen LogP contribution in [0, 0.1) is 0 Å². The Balaban J connectivity index is 1.91. The highest BCUT2D eigenvalue weighted by Crippen LogP contribution is 2.30. The zero-order valence-corrected chi connectivity index (χ0v) is 14.8. The van der Waals surface area contributed by atoms with Gasteiger partial charge in [-0.15, -0.1) is 11.3 Å². The SMILES string of the molecule is Clc1ccc(/C(Cn2ccnc2)=N/Nc2c(Cl)cccc2Cl)s1. The molecule has 8 heteroatoms. The third-order valence-electron chi connectivity index (χ3n) is 3.01. The molecule has 0 bridgehead atoms. The van der Waals surface area contributed by atoms with E-state index in [1.165, 1.54) is 11.3 Å². The van der Waals surface area contributed by atoms with Gasteiger partial charge in [0.2, 0.25) is 0 Å². The van der Waals surface area contributed by atoms with Crippen LogP contribution in [0.15, 0.2) is 54.2 Å². The summed E-state index contributed by atoms with van der Waals surface area (Å²) in [4.78, 5) is 5.00. The van der Waals surface area contributed by atoms with Crippen LogP contribution in [0.3, 0.4) is 0 Å². The van der Waals surface area contributed by atoms with Gasteiger partial charge >= 0.3 is 0 Å². The molecule has 0 radical (unpaired) electrons. The van der Waals surface area contributed by atoms with Crippen LogP contribution < -0.4 is 5.43 Å². The summed E-state index contributed by atoms with van der Waals surface area (Å²) in [6.07, 6.45) is 5.32. The van der Waals surface area contributed by atoms with Gasteiger partial charge < -0.3 is 4.57 Å². The molecule has 1 N–H and O–H groups in total. The fourth-order valence-electron chi connectivity index (χ4n) is 1.92. The van der Waals surface area contributed by atoms with E-state index < -0.39 is 0 Å². The molecule has 0 saturated heterocycles. The Kier molecular flexibility index (Phi) is 5.23. The number of hydrazone groups is 1. The number of thiophene rings is 1. The van der Waals surface area contributed by atoms with Gasteiger partial charge in [-0.3, -0.25) is 5.43 Å². The molecule has 0 fully saturated rings. The van der Waals surface area contributed by atoms with E-state index in [1.54, 1.807) is 30.7 Å². The van der Waals surface area contributed by atoms with Gasteiger partial charge in [0.05, 0.1) is 43.5 Å². The van der Waals surface area contributed by atoms with Crippen LogP contribution >= 0.6 is 46.1 Å². The molecule has 0 aliphatic rings. The number of hydrogen-bond acceptors (Lipinski definition) is 4.